The van der Waals surface area contributed by atoms with Gasteiger partial charge in [0, 0.05) is 20.4 Å². The van der Waals surface area contributed by atoms with Gasteiger partial charge in [-0.05, 0) is 0 Å². The minimum Gasteiger partial charge on any atom is -0.120 e. The molecule has 1 radical (unpaired) electrons. The van der Waals surface area contributed by atoms with Crippen molar-refractivity contribution in [3.8, 4) is 0 Å². The molecular weight excluding hydrogens is 471 g/mol. The van der Waals surface area contributed by atoms with Gasteiger partial charge >= 0.3 is 0 Å². The van der Waals surface area contributed by atoms with E-state index in [2.05, 4.69) is 0 Å². The van der Waals surface area contributed by atoms with Crippen molar-refractivity contribution >= 4 is 69.6 Å². The van der Waals surface area contributed by atoms with Crippen LogP contribution in [0.2, 0.25) is 0 Å². The Bertz CT molecular complexity index is 109. The van der Waals surface area contributed by atoms with Gasteiger partial charge < -0.3 is 0 Å². The quantitative estimate of drug-likeness (QED) is 0.468. The predicted octanol–water partition coefficient (Wildman–Crippen LogP) is 3.64. The Balaban J connectivity index is 0.00000144. The summed E-state index contributed by atoms with van der Waals surface area (Å²) >= 11 is 35.3. The molecule has 0 saturated heterocycles. The molecule has 1 aliphatic carbocycles. The Hall–Kier alpha value is 2.40. The maximum absolute atomic E-state index is 5.88. The molecule has 0 aromatic heterocycles. The van der Waals surface area contributed by atoms with Crippen LogP contribution in [0.15, 0.2) is 0 Å². The zero-order valence-corrected chi connectivity index (χ0v) is 13.4. The summed E-state index contributed by atoms with van der Waals surface area (Å²) in [6, 6.07) is 0. The van der Waals surface area contributed by atoms with Crippen LogP contribution in [0.5, 0.6) is 0 Å². The van der Waals surface area contributed by atoms with Crippen LogP contribution < -0.4 is 0 Å². The van der Waals surface area contributed by atoms with E-state index in [9.17, 15) is 0 Å². The fraction of sp³-hybridized carbons (Fsp3) is 1.00. The summed E-state index contributed by atoms with van der Waals surface area (Å²) in [5.41, 5.74) is 0. The molecule has 7 heteroatoms. The van der Waals surface area contributed by atoms with E-state index in [1.54, 1.807) is 0 Å². The number of hydrogen-bond donors (Lipinski definition) is 0. The van der Waals surface area contributed by atoms with Gasteiger partial charge in [0.1, 0.15) is 0 Å². The van der Waals surface area contributed by atoms with Crippen molar-refractivity contribution < 1.29 is 20.4 Å². The van der Waals surface area contributed by atoms with E-state index in [0.717, 1.165) is 0 Å². The fourth-order valence-electron chi connectivity index (χ4n) is 1.05. The number of halogens is 6. The van der Waals surface area contributed by atoms with Crippen molar-refractivity contribution in [3.63, 3.8) is 0 Å². The second kappa shape index (κ2) is 6.21. The SMILES string of the molecule is ClC1C(Cl)C(Cl)C(Cl)C(Cl)C1Cl.[Re]. The van der Waals surface area contributed by atoms with Crippen LogP contribution in [-0.2, 0) is 20.4 Å². The van der Waals surface area contributed by atoms with E-state index in [1.807, 2.05) is 0 Å². The Morgan fingerprint density at radius 2 is 0.462 bits per heavy atom. The molecule has 79 valence electrons. The summed E-state index contributed by atoms with van der Waals surface area (Å²) in [7, 11) is 0. The van der Waals surface area contributed by atoms with Crippen molar-refractivity contribution in [1.29, 1.82) is 0 Å². The molecule has 0 aromatic rings. The zero-order valence-electron chi connectivity index (χ0n) is 6.11. The Morgan fingerprint density at radius 3 is 0.538 bits per heavy atom. The van der Waals surface area contributed by atoms with Crippen LogP contribution in [0.4, 0.5) is 0 Å². The largest absolute Gasteiger partial charge is 0.120 e. The van der Waals surface area contributed by atoms with E-state index < -0.39 is 32.3 Å². The summed E-state index contributed by atoms with van der Waals surface area (Å²) in [6.07, 6.45) is 0. The van der Waals surface area contributed by atoms with Gasteiger partial charge in [-0.1, -0.05) is 0 Å². The van der Waals surface area contributed by atoms with Crippen molar-refractivity contribution in [1.82, 2.24) is 0 Å². The maximum Gasteiger partial charge on any atom is 0.0693 e. The molecule has 0 aromatic carbocycles. The van der Waals surface area contributed by atoms with Crippen LogP contribution in [0, 0.1) is 0 Å². The second-order valence-electron chi connectivity index (χ2n) is 2.67. The van der Waals surface area contributed by atoms with Crippen molar-refractivity contribution in [2.45, 2.75) is 32.3 Å². The van der Waals surface area contributed by atoms with E-state index in [1.165, 1.54) is 0 Å². The Morgan fingerprint density at radius 1 is 0.385 bits per heavy atom. The summed E-state index contributed by atoms with van der Waals surface area (Å²) in [6.45, 7) is 0. The molecule has 0 unspecified atom stereocenters. The van der Waals surface area contributed by atoms with Gasteiger partial charge in [0.05, 0.1) is 32.3 Å². The number of hydrogen-bond acceptors (Lipinski definition) is 0. The first-order valence-corrected chi connectivity index (χ1v) is 5.93. The van der Waals surface area contributed by atoms with Crippen LogP contribution in [0.3, 0.4) is 0 Å². The monoisotopic (exact) mass is 475 g/mol. The molecule has 13 heavy (non-hydrogen) atoms. The molecule has 0 atom stereocenters. The second-order valence-corrected chi connectivity index (χ2v) is 5.69. The van der Waals surface area contributed by atoms with Crippen LogP contribution in [0.1, 0.15) is 0 Å². The maximum atomic E-state index is 5.88. The Labute approximate surface area is 121 Å². The molecule has 1 aliphatic rings. The number of alkyl halides is 6. The standard InChI is InChI=1S/C6H6Cl6.Re/c7-1-2(8)4(10)6(12)5(11)3(1)9;/h1-6H;. The van der Waals surface area contributed by atoms with Crippen molar-refractivity contribution in [3.05, 3.63) is 0 Å². The van der Waals surface area contributed by atoms with Gasteiger partial charge in [-0.25, -0.2) is 0 Å². The predicted molar refractivity (Wildman–Crippen MR) is 57.8 cm³/mol. The third-order valence-electron chi connectivity index (χ3n) is 1.83. The summed E-state index contributed by atoms with van der Waals surface area (Å²) in [5, 5.41) is -2.62. The third kappa shape index (κ3) is 3.18. The van der Waals surface area contributed by atoms with Crippen molar-refractivity contribution in [2.24, 2.45) is 0 Å². The van der Waals surface area contributed by atoms with Gasteiger partial charge in [0.25, 0.3) is 0 Å². The molecule has 0 heterocycles. The topological polar surface area (TPSA) is 0 Å². The van der Waals surface area contributed by atoms with E-state index in [4.69, 9.17) is 69.6 Å². The van der Waals surface area contributed by atoms with E-state index in [0.29, 0.717) is 0 Å². The van der Waals surface area contributed by atoms with Gasteiger partial charge in [0.15, 0.2) is 0 Å². The van der Waals surface area contributed by atoms with Gasteiger partial charge in [-0.15, -0.1) is 69.6 Å². The summed E-state index contributed by atoms with van der Waals surface area (Å²) < 4.78 is 0. The molecule has 0 N–H and O–H groups in total. The first-order chi connectivity index (χ1) is 5.46. The average Bonchev–Trinajstić information content (AvgIpc) is 2.08. The third-order valence-corrected chi connectivity index (χ3v) is 5.86. The van der Waals surface area contributed by atoms with Gasteiger partial charge in [-0.3, -0.25) is 0 Å². The fourth-order valence-corrected chi connectivity index (χ4v) is 3.38. The first-order valence-electron chi connectivity index (χ1n) is 3.31. The summed E-state index contributed by atoms with van der Waals surface area (Å²) in [5.74, 6) is 0. The molecule has 1 fully saturated rings. The molecule has 0 aliphatic heterocycles. The normalized spacial score (nSPS) is 51.2. The van der Waals surface area contributed by atoms with Crippen LogP contribution >= 0.6 is 69.6 Å². The van der Waals surface area contributed by atoms with Crippen LogP contribution in [-0.4, -0.2) is 32.3 Å². The molecule has 0 nitrogen and oxygen atoms in total. The minimum atomic E-state index is -0.437. The molecule has 1 rings (SSSR count). The minimum absolute atomic E-state index is 0. The van der Waals surface area contributed by atoms with E-state index >= 15 is 0 Å². The molecular formula is C6H6Cl6Re. The molecule has 0 bridgehead atoms. The molecule has 0 spiro atoms. The van der Waals surface area contributed by atoms with Crippen LogP contribution in [0.25, 0.3) is 0 Å². The van der Waals surface area contributed by atoms with Gasteiger partial charge in [-0.2, -0.15) is 0 Å². The smallest absolute Gasteiger partial charge is 0.0693 e. The van der Waals surface area contributed by atoms with Gasteiger partial charge in [0.2, 0.25) is 0 Å². The number of rotatable bonds is 0. The first kappa shape index (κ1) is 15.4. The van der Waals surface area contributed by atoms with Crippen molar-refractivity contribution in [2.75, 3.05) is 0 Å². The Kier molecular flexibility index (Phi) is 7.36. The average molecular weight is 477 g/mol. The molecule has 1 saturated carbocycles. The zero-order chi connectivity index (χ0) is 9.46. The van der Waals surface area contributed by atoms with E-state index in [-0.39, 0.29) is 20.4 Å². The summed E-state index contributed by atoms with van der Waals surface area (Å²) in [4.78, 5) is 0. The molecule has 0 amide bonds.